The van der Waals surface area contributed by atoms with Crippen molar-refractivity contribution < 1.29 is 23.9 Å². The number of hydrogen-bond donors (Lipinski definition) is 1. The molecular weight excluding hydrogens is 346 g/mol. The third-order valence-corrected chi connectivity index (χ3v) is 4.63. The highest BCUT2D eigenvalue weighted by atomic mass is 32.1. The van der Waals surface area contributed by atoms with Crippen LogP contribution in [0.1, 0.15) is 49.8 Å². The molecule has 134 valence electrons. The summed E-state index contributed by atoms with van der Waals surface area (Å²) in [5.41, 5.74) is 0.906. The Morgan fingerprint density at radius 2 is 2.00 bits per heavy atom. The van der Waals surface area contributed by atoms with Gasteiger partial charge in [0.1, 0.15) is 9.88 Å². The summed E-state index contributed by atoms with van der Waals surface area (Å²) >= 11 is 0.979. The number of aromatic nitrogens is 2. The van der Waals surface area contributed by atoms with Gasteiger partial charge in [0, 0.05) is 12.7 Å². The maximum absolute atomic E-state index is 12.4. The van der Waals surface area contributed by atoms with Crippen molar-refractivity contribution in [2.24, 2.45) is 0 Å². The quantitative estimate of drug-likeness (QED) is 0.790. The predicted octanol–water partition coefficient (Wildman–Crippen LogP) is 2.49. The number of rotatable bonds is 6. The molecule has 1 amide bonds. The lowest BCUT2D eigenvalue weighted by molar-refractivity contribution is 0.0531. The van der Waals surface area contributed by atoms with Crippen molar-refractivity contribution in [3.8, 4) is 0 Å². The molecule has 0 aliphatic rings. The van der Waals surface area contributed by atoms with Gasteiger partial charge in [-0.3, -0.25) is 9.48 Å². The second-order valence-corrected chi connectivity index (χ2v) is 6.03. The van der Waals surface area contributed by atoms with Crippen LogP contribution in [0.25, 0.3) is 0 Å². The highest BCUT2D eigenvalue weighted by Gasteiger charge is 2.27. The minimum Gasteiger partial charge on any atom is -0.465 e. The third-order valence-electron chi connectivity index (χ3n) is 3.44. The Morgan fingerprint density at radius 1 is 1.28 bits per heavy atom. The van der Waals surface area contributed by atoms with Crippen LogP contribution in [0.3, 0.4) is 0 Å². The monoisotopic (exact) mass is 365 g/mol. The van der Waals surface area contributed by atoms with E-state index in [1.54, 1.807) is 24.7 Å². The molecule has 0 bridgehead atoms. The van der Waals surface area contributed by atoms with Crippen molar-refractivity contribution >= 4 is 34.2 Å². The largest absolute Gasteiger partial charge is 0.465 e. The number of carbonyl (C=O) groups excluding carboxylic acids is 3. The smallest absolute Gasteiger partial charge is 0.348 e. The maximum atomic E-state index is 12.4. The summed E-state index contributed by atoms with van der Waals surface area (Å²) in [6.07, 6.45) is 3.03. The predicted molar refractivity (Wildman–Crippen MR) is 92.2 cm³/mol. The Kier molecular flexibility index (Phi) is 5.92. The average Bonchev–Trinajstić information content (AvgIpc) is 3.19. The zero-order chi connectivity index (χ0) is 18.6. The number of aryl methyl sites for hydroxylation is 1. The molecule has 2 heterocycles. The van der Waals surface area contributed by atoms with Crippen molar-refractivity contribution in [3.05, 3.63) is 34.0 Å². The first kappa shape index (κ1) is 18.7. The van der Waals surface area contributed by atoms with Gasteiger partial charge in [0.25, 0.3) is 5.91 Å². The summed E-state index contributed by atoms with van der Waals surface area (Å²) < 4.78 is 11.4. The molecule has 25 heavy (non-hydrogen) atoms. The molecular formula is C16H19N3O5S. The van der Waals surface area contributed by atoms with Gasteiger partial charge in [-0.05, 0) is 26.3 Å². The van der Waals surface area contributed by atoms with Gasteiger partial charge < -0.3 is 14.8 Å². The van der Waals surface area contributed by atoms with E-state index in [4.69, 9.17) is 9.47 Å². The maximum Gasteiger partial charge on any atom is 0.348 e. The standard InChI is InChI=1S/C16H19N3O5S/c1-5-19-8-10(7-17-19)13(20)18-14-11(15(21)23-4)9(3)12(25-14)16(22)24-6-2/h7-8H,5-6H2,1-4H3,(H,18,20). The van der Waals surface area contributed by atoms with E-state index in [1.807, 2.05) is 6.92 Å². The van der Waals surface area contributed by atoms with Gasteiger partial charge in [-0.15, -0.1) is 11.3 Å². The van der Waals surface area contributed by atoms with Crippen LogP contribution in [0.5, 0.6) is 0 Å². The number of amides is 1. The molecule has 0 saturated carbocycles. The van der Waals surface area contributed by atoms with Crippen LogP contribution in [0.2, 0.25) is 0 Å². The third kappa shape index (κ3) is 3.87. The highest BCUT2D eigenvalue weighted by molar-refractivity contribution is 7.18. The van der Waals surface area contributed by atoms with Gasteiger partial charge >= 0.3 is 11.9 Å². The molecule has 0 saturated heterocycles. The summed E-state index contributed by atoms with van der Waals surface area (Å²) in [4.78, 5) is 36.8. The normalized spacial score (nSPS) is 10.4. The number of nitrogens with one attached hydrogen (secondary N) is 1. The van der Waals surface area contributed by atoms with E-state index in [0.29, 0.717) is 17.7 Å². The molecule has 0 fully saturated rings. The Balaban J connectivity index is 2.38. The fraction of sp³-hybridized carbons (Fsp3) is 0.375. The van der Waals surface area contributed by atoms with E-state index >= 15 is 0 Å². The summed E-state index contributed by atoms with van der Waals surface area (Å²) in [5.74, 6) is -1.61. The molecule has 0 unspecified atom stereocenters. The molecule has 9 heteroatoms. The van der Waals surface area contributed by atoms with Crippen molar-refractivity contribution in [2.75, 3.05) is 19.0 Å². The molecule has 0 spiro atoms. The van der Waals surface area contributed by atoms with Crippen LogP contribution in [0.15, 0.2) is 12.4 Å². The molecule has 1 N–H and O–H groups in total. The Hall–Kier alpha value is -2.68. The molecule has 2 rings (SSSR count). The molecule has 0 radical (unpaired) electrons. The Bertz CT molecular complexity index is 809. The van der Waals surface area contributed by atoms with Crippen LogP contribution in [0, 0.1) is 6.92 Å². The van der Waals surface area contributed by atoms with Crippen molar-refractivity contribution in [1.82, 2.24) is 9.78 Å². The fourth-order valence-corrected chi connectivity index (χ4v) is 3.25. The van der Waals surface area contributed by atoms with Gasteiger partial charge in [-0.25, -0.2) is 9.59 Å². The number of esters is 2. The van der Waals surface area contributed by atoms with Gasteiger partial charge in [-0.1, -0.05) is 0 Å². The van der Waals surface area contributed by atoms with Crippen LogP contribution < -0.4 is 5.32 Å². The molecule has 2 aromatic heterocycles. The first-order valence-corrected chi connectivity index (χ1v) is 8.47. The van der Waals surface area contributed by atoms with Crippen molar-refractivity contribution in [2.45, 2.75) is 27.3 Å². The first-order chi connectivity index (χ1) is 11.9. The van der Waals surface area contributed by atoms with E-state index < -0.39 is 17.8 Å². The van der Waals surface area contributed by atoms with Gasteiger partial charge in [0.2, 0.25) is 0 Å². The fourth-order valence-electron chi connectivity index (χ4n) is 2.17. The Labute approximate surface area is 148 Å². The van der Waals surface area contributed by atoms with E-state index in [-0.39, 0.29) is 22.0 Å². The van der Waals surface area contributed by atoms with Crippen molar-refractivity contribution in [3.63, 3.8) is 0 Å². The average molecular weight is 365 g/mol. The summed E-state index contributed by atoms with van der Waals surface area (Å²) in [6, 6.07) is 0. The zero-order valence-electron chi connectivity index (χ0n) is 14.4. The second kappa shape index (κ2) is 7.93. The number of anilines is 1. The minimum atomic E-state index is -0.635. The Morgan fingerprint density at radius 3 is 2.56 bits per heavy atom. The van der Waals surface area contributed by atoms with Crippen LogP contribution >= 0.6 is 11.3 Å². The number of carbonyl (C=O) groups is 3. The number of thiophene rings is 1. The second-order valence-electron chi connectivity index (χ2n) is 5.01. The van der Waals surface area contributed by atoms with Gasteiger partial charge in [0.15, 0.2) is 0 Å². The molecule has 8 nitrogen and oxygen atoms in total. The molecule has 0 aromatic carbocycles. The van der Waals surface area contributed by atoms with Crippen LogP contribution in [-0.2, 0) is 16.0 Å². The van der Waals surface area contributed by atoms with Gasteiger partial charge in [-0.2, -0.15) is 5.10 Å². The number of ether oxygens (including phenoxy) is 2. The van der Waals surface area contributed by atoms with E-state index in [2.05, 4.69) is 10.4 Å². The zero-order valence-corrected chi connectivity index (χ0v) is 15.2. The lowest BCUT2D eigenvalue weighted by atomic mass is 10.1. The van der Waals surface area contributed by atoms with Crippen LogP contribution in [0.4, 0.5) is 5.00 Å². The molecule has 0 atom stereocenters. The number of nitrogens with zero attached hydrogens (tertiary/aromatic N) is 2. The molecule has 0 aliphatic carbocycles. The number of methoxy groups -OCH3 is 1. The summed E-state index contributed by atoms with van der Waals surface area (Å²) in [7, 11) is 1.24. The van der Waals surface area contributed by atoms with Crippen molar-refractivity contribution in [1.29, 1.82) is 0 Å². The van der Waals surface area contributed by atoms with E-state index in [1.165, 1.54) is 13.3 Å². The first-order valence-electron chi connectivity index (χ1n) is 7.65. The van der Waals surface area contributed by atoms with E-state index in [9.17, 15) is 14.4 Å². The minimum absolute atomic E-state index is 0.145. The summed E-state index contributed by atoms with van der Waals surface area (Å²) in [6.45, 7) is 6.04. The molecule has 2 aromatic rings. The highest BCUT2D eigenvalue weighted by Crippen LogP contribution is 2.34. The number of hydrogen-bond acceptors (Lipinski definition) is 7. The molecule has 0 aliphatic heterocycles. The van der Waals surface area contributed by atoms with E-state index in [0.717, 1.165) is 11.3 Å². The SMILES string of the molecule is CCOC(=O)c1sc(NC(=O)c2cnn(CC)c2)c(C(=O)OC)c1C. The topological polar surface area (TPSA) is 99.5 Å². The summed E-state index contributed by atoms with van der Waals surface area (Å²) in [5, 5.41) is 6.93. The van der Waals surface area contributed by atoms with Gasteiger partial charge in [0.05, 0.1) is 31.0 Å². The lowest BCUT2D eigenvalue weighted by Gasteiger charge is -2.04. The lowest BCUT2D eigenvalue weighted by Crippen LogP contribution is -2.14. The van der Waals surface area contributed by atoms with Crippen LogP contribution in [-0.4, -0.2) is 41.3 Å².